The lowest BCUT2D eigenvalue weighted by atomic mass is 10.2. The van der Waals surface area contributed by atoms with Crippen molar-refractivity contribution in [3.63, 3.8) is 0 Å². The van der Waals surface area contributed by atoms with Gasteiger partial charge in [0.05, 0.1) is 6.54 Å². The van der Waals surface area contributed by atoms with Crippen molar-refractivity contribution in [2.45, 2.75) is 25.4 Å². The topological polar surface area (TPSA) is 59.2 Å². The van der Waals surface area contributed by atoms with Crippen molar-refractivity contribution in [3.05, 3.63) is 70.8 Å². The van der Waals surface area contributed by atoms with Crippen LogP contribution < -0.4 is 0 Å². The Labute approximate surface area is 154 Å². The van der Waals surface area contributed by atoms with E-state index in [-0.39, 0.29) is 18.5 Å². The zero-order valence-electron chi connectivity index (χ0n) is 13.7. The van der Waals surface area contributed by atoms with E-state index in [0.29, 0.717) is 22.4 Å². The van der Waals surface area contributed by atoms with E-state index >= 15 is 0 Å². The van der Waals surface area contributed by atoms with Gasteiger partial charge in [-0.2, -0.15) is 0 Å². The Morgan fingerprint density at radius 3 is 2.65 bits per heavy atom. The number of amides is 1. The number of aromatic nitrogens is 2. The fourth-order valence-corrected chi connectivity index (χ4v) is 2.84. The summed E-state index contributed by atoms with van der Waals surface area (Å²) in [5.74, 6) is 0.0323. The molecule has 0 bridgehead atoms. The molecule has 0 spiro atoms. The van der Waals surface area contributed by atoms with E-state index in [1.165, 1.54) is 18.2 Å². The minimum atomic E-state index is -0.436. The maximum atomic E-state index is 13.4. The van der Waals surface area contributed by atoms with Crippen LogP contribution in [0, 0.1) is 5.82 Å². The Hall–Kier alpha value is -2.73. The Balaban J connectivity index is 1.54. The highest BCUT2D eigenvalue weighted by atomic mass is 35.5. The van der Waals surface area contributed by atoms with Crippen molar-refractivity contribution in [3.8, 4) is 11.5 Å². The number of hydrogen-bond donors (Lipinski definition) is 0. The molecule has 1 saturated carbocycles. The van der Waals surface area contributed by atoms with Crippen LogP contribution in [0.25, 0.3) is 11.5 Å². The van der Waals surface area contributed by atoms with Crippen LogP contribution in [0.15, 0.2) is 52.9 Å². The van der Waals surface area contributed by atoms with E-state index in [2.05, 4.69) is 10.2 Å². The van der Waals surface area contributed by atoms with Crippen LogP contribution in [0.5, 0.6) is 0 Å². The van der Waals surface area contributed by atoms with E-state index < -0.39 is 5.82 Å². The second kappa shape index (κ2) is 6.88. The monoisotopic (exact) mass is 371 g/mol. The minimum Gasteiger partial charge on any atom is -0.419 e. The first kappa shape index (κ1) is 16.7. The van der Waals surface area contributed by atoms with Gasteiger partial charge in [0.25, 0.3) is 5.91 Å². The molecule has 1 fully saturated rings. The predicted octanol–water partition coefficient (Wildman–Crippen LogP) is 4.33. The first-order chi connectivity index (χ1) is 12.6. The number of hydrogen-bond acceptors (Lipinski definition) is 4. The van der Waals surface area contributed by atoms with Crippen LogP contribution in [-0.4, -0.2) is 27.0 Å². The van der Waals surface area contributed by atoms with E-state index in [0.717, 1.165) is 18.4 Å². The van der Waals surface area contributed by atoms with Crippen molar-refractivity contribution in [1.82, 2.24) is 15.1 Å². The van der Waals surface area contributed by atoms with Gasteiger partial charge in [-0.3, -0.25) is 4.79 Å². The summed E-state index contributed by atoms with van der Waals surface area (Å²) >= 11 is 5.88. The fraction of sp³-hybridized carbons (Fsp3) is 0.211. The third kappa shape index (κ3) is 3.60. The lowest BCUT2D eigenvalue weighted by Gasteiger charge is -2.20. The number of rotatable bonds is 5. The molecule has 1 aromatic heterocycles. The summed E-state index contributed by atoms with van der Waals surface area (Å²) in [5, 5.41) is 8.70. The number of nitrogens with zero attached hydrogens (tertiary/aromatic N) is 3. The van der Waals surface area contributed by atoms with Gasteiger partial charge in [0.2, 0.25) is 11.8 Å². The average Bonchev–Trinajstić information content (AvgIpc) is 3.38. The normalized spacial score (nSPS) is 13.6. The predicted molar refractivity (Wildman–Crippen MR) is 94.0 cm³/mol. The molecule has 0 unspecified atom stereocenters. The van der Waals surface area contributed by atoms with Crippen molar-refractivity contribution < 1.29 is 13.6 Å². The maximum Gasteiger partial charge on any atom is 0.254 e. The Kier molecular flexibility index (Phi) is 4.42. The molecule has 1 aliphatic carbocycles. The van der Waals surface area contributed by atoms with Crippen LogP contribution in [0.3, 0.4) is 0 Å². The Bertz CT molecular complexity index is 938. The van der Waals surface area contributed by atoms with E-state index in [1.54, 1.807) is 35.2 Å². The van der Waals surface area contributed by atoms with Crippen molar-refractivity contribution in [2.75, 3.05) is 0 Å². The van der Waals surface area contributed by atoms with Crippen LogP contribution in [0.1, 0.15) is 29.1 Å². The lowest BCUT2D eigenvalue weighted by Crippen LogP contribution is -2.32. The number of carbonyl (C=O) groups is 1. The number of halogens is 2. The first-order valence-electron chi connectivity index (χ1n) is 8.25. The molecule has 5 nitrogen and oxygen atoms in total. The quantitative estimate of drug-likeness (QED) is 0.669. The summed E-state index contributed by atoms with van der Waals surface area (Å²) in [4.78, 5) is 14.4. The van der Waals surface area contributed by atoms with E-state index in [4.69, 9.17) is 16.0 Å². The average molecular weight is 372 g/mol. The molecule has 132 valence electrons. The fourth-order valence-electron chi connectivity index (χ4n) is 2.71. The molecule has 1 aliphatic rings. The molecular weight excluding hydrogens is 357 g/mol. The van der Waals surface area contributed by atoms with Gasteiger partial charge in [-0.05, 0) is 55.3 Å². The van der Waals surface area contributed by atoms with Crippen LogP contribution in [0.2, 0.25) is 5.02 Å². The molecule has 1 heterocycles. The summed E-state index contributed by atoms with van der Waals surface area (Å²) in [7, 11) is 0. The third-order valence-corrected chi connectivity index (χ3v) is 4.44. The SMILES string of the molecule is O=C(c1cccc(F)c1)N(Cc1nnc(-c2ccc(Cl)cc2)o1)C1CC1. The van der Waals surface area contributed by atoms with Crippen molar-refractivity contribution in [1.29, 1.82) is 0 Å². The van der Waals surface area contributed by atoms with Gasteiger partial charge in [-0.15, -0.1) is 10.2 Å². The molecule has 7 heteroatoms. The third-order valence-electron chi connectivity index (χ3n) is 4.18. The largest absolute Gasteiger partial charge is 0.419 e. The highest BCUT2D eigenvalue weighted by Gasteiger charge is 2.34. The standard InChI is InChI=1S/C19H15ClFN3O2/c20-14-6-4-12(5-7-14)18-23-22-17(26-18)11-24(16-8-9-16)19(25)13-2-1-3-15(21)10-13/h1-7,10,16H,8-9,11H2. The Morgan fingerprint density at radius 2 is 1.96 bits per heavy atom. The van der Waals surface area contributed by atoms with Crippen LogP contribution in [0.4, 0.5) is 4.39 Å². The molecule has 26 heavy (non-hydrogen) atoms. The van der Waals surface area contributed by atoms with E-state index in [1.807, 2.05) is 0 Å². The molecule has 0 N–H and O–H groups in total. The summed E-state index contributed by atoms with van der Waals surface area (Å²) < 4.78 is 19.1. The van der Waals surface area contributed by atoms with Gasteiger partial charge in [-0.1, -0.05) is 17.7 Å². The molecular formula is C19H15ClFN3O2. The minimum absolute atomic E-state index is 0.122. The van der Waals surface area contributed by atoms with Crippen LogP contribution >= 0.6 is 11.6 Å². The first-order valence-corrected chi connectivity index (χ1v) is 8.63. The Morgan fingerprint density at radius 1 is 1.19 bits per heavy atom. The molecule has 4 rings (SSSR count). The van der Waals surface area contributed by atoms with Gasteiger partial charge in [-0.25, -0.2) is 4.39 Å². The lowest BCUT2D eigenvalue weighted by molar-refractivity contribution is 0.0714. The zero-order chi connectivity index (χ0) is 18.1. The van der Waals surface area contributed by atoms with Gasteiger partial charge in [0.1, 0.15) is 5.82 Å². The highest BCUT2D eigenvalue weighted by Crippen LogP contribution is 2.30. The molecule has 0 saturated heterocycles. The summed E-state index contributed by atoms with van der Waals surface area (Å²) in [5.41, 5.74) is 1.07. The van der Waals surface area contributed by atoms with Gasteiger partial charge in [0.15, 0.2) is 0 Å². The number of benzene rings is 2. The zero-order valence-corrected chi connectivity index (χ0v) is 14.5. The van der Waals surface area contributed by atoms with Gasteiger partial charge >= 0.3 is 0 Å². The summed E-state index contributed by atoms with van der Waals surface area (Å²) in [6, 6.07) is 12.9. The summed E-state index contributed by atoms with van der Waals surface area (Å²) in [6.07, 6.45) is 1.83. The molecule has 3 aromatic rings. The smallest absolute Gasteiger partial charge is 0.254 e. The molecule has 1 amide bonds. The number of carbonyl (C=O) groups excluding carboxylic acids is 1. The van der Waals surface area contributed by atoms with Crippen molar-refractivity contribution in [2.24, 2.45) is 0 Å². The van der Waals surface area contributed by atoms with Crippen molar-refractivity contribution >= 4 is 17.5 Å². The van der Waals surface area contributed by atoms with Gasteiger partial charge in [0, 0.05) is 22.2 Å². The second-order valence-corrected chi connectivity index (χ2v) is 6.62. The molecule has 2 aromatic carbocycles. The summed E-state index contributed by atoms with van der Waals surface area (Å²) in [6.45, 7) is 0.195. The molecule has 0 radical (unpaired) electrons. The molecule has 0 aliphatic heterocycles. The van der Waals surface area contributed by atoms with E-state index in [9.17, 15) is 9.18 Å². The molecule has 0 atom stereocenters. The van der Waals surface area contributed by atoms with Gasteiger partial charge < -0.3 is 9.32 Å². The highest BCUT2D eigenvalue weighted by molar-refractivity contribution is 6.30. The maximum absolute atomic E-state index is 13.4. The van der Waals surface area contributed by atoms with Crippen LogP contribution in [-0.2, 0) is 6.54 Å². The second-order valence-electron chi connectivity index (χ2n) is 6.18.